The average Bonchev–Trinajstić information content (AvgIpc) is 2.97. The molecule has 0 aliphatic heterocycles. The van der Waals surface area contributed by atoms with E-state index in [0.717, 1.165) is 22.0 Å². The maximum atomic E-state index is 12.1. The second kappa shape index (κ2) is 6.90. The van der Waals surface area contributed by atoms with Gasteiger partial charge in [0.1, 0.15) is 5.69 Å². The van der Waals surface area contributed by atoms with Crippen molar-refractivity contribution < 1.29 is 14.3 Å². The van der Waals surface area contributed by atoms with Crippen molar-refractivity contribution in [1.29, 1.82) is 0 Å². The number of aromatic nitrogens is 4. The van der Waals surface area contributed by atoms with Crippen LogP contribution < -0.4 is 0 Å². The molecule has 0 amide bonds. The summed E-state index contributed by atoms with van der Waals surface area (Å²) in [6.07, 6.45) is 3.13. The number of hydrogen-bond donors (Lipinski definition) is 0. The van der Waals surface area contributed by atoms with Crippen molar-refractivity contribution in [3.05, 3.63) is 42.1 Å². The van der Waals surface area contributed by atoms with Gasteiger partial charge in [-0.25, -0.2) is 14.8 Å². The Bertz CT molecular complexity index is 1010. The first-order valence-electron chi connectivity index (χ1n) is 8.62. The van der Waals surface area contributed by atoms with E-state index < -0.39 is 5.97 Å². The predicted molar refractivity (Wildman–Crippen MR) is 102 cm³/mol. The number of ether oxygens (including phenoxy) is 1. The number of esters is 1. The number of carbonyl (C=O) groups is 2. The Morgan fingerprint density at radius 3 is 2.33 bits per heavy atom. The third-order valence-corrected chi connectivity index (χ3v) is 4.06. The Balaban J connectivity index is 2.07. The number of methoxy groups -OCH3 is 1. The second-order valence-corrected chi connectivity index (χ2v) is 7.64. The van der Waals surface area contributed by atoms with Crippen molar-refractivity contribution in [3.8, 4) is 11.1 Å². The zero-order valence-corrected chi connectivity index (χ0v) is 16.1. The zero-order valence-electron chi connectivity index (χ0n) is 16.1. The summed E-state index contributed by atoms with van der Waals surface area (Å²) in [5, 5.41) is 5.32. The molecule has 0 spiro atoms. The highest BCUT2D eigenvalue weighted by Crippen LogP contribution is 2.28. The molecule has 3 aromatic rings. The van der Waals surface area contributed by atoms with Crippen LogP contribution in [-0.2, 0) is 11.3 Å². The van der Waals surface area contributed by atoms with Gasteiger partial charge in [0.15, 0.2) is 5.78 Å². The van der Waals surface area contributed by atoms with Gasteiger partial charge in [0.25, 0.3) is 0 Å². The van der Waals surface area contributed by atoms with Crippen molar-refractivity contribution in [3.63, 3.8) is 0 Å². The molecule has 0 fully saturated rings. The van der Waals surface area contributed by atoms with Gasteiger partial charge in [-0.15, -0.1) is 0 Å². The maximum absolute atomic E-state index is 12.1. The second-order valence-electron chi connectivity index (χ2n) is 7.64. The van der Waals surface area contributed by atoms with E-state index >= 15 is 0 Å². The van der Waals surface area contributed by atoms with Crippen molar-refractivity contribution in [1.82, 2.24) is 19.7 Å². The van der Waals surface area contributed by atoms with Crippen LogP contribution in [0, 0.1) is 5.41 Å². The van der Waals surface area contributed by atoms with Crippen LogP contribution in [0.3, 0.4) is 0 Å². The molecule has 0 aliphatic rings. The number of Topliss-reactive ketones (excluding diaryl/α,β-unsaturated/α-hetero) is 1. The third-order valence-electron chi connectivity index (χ3n) is 4.06. The Kier molecular flexibility index (Phi) is 4.78. The van der Waals surface area contributed by atoms with Gasteiger partial charge in [-0.2, -0.15) is 5.10 Å². The van der Waals surface area contributed by atoms with Crippen LogP contribution in [-0.4, -0.2) is 38.6 Å². The SMILES string of the molecule is COC(=O)c1ncc(-c2ccc3c(c2)c(C(C)=O)nn3CC(C)(C)C)cn1. The Hall–Kier alpha value is -3.09. The molecule has 1 aromatic carbocycles. The first-order valence-corrected chi connectivity index (χ1v) is 8.62. The van der Waals surface area contributed by atoms with Gasteiger partial charge in [0.2, 0.25) is 5.82 Å². The van der Waals surface area contributed by atoms with E-state index in [0.29, 0.717) is 12.2 Å². The molecule has 0 radical (unpaired) electrons. The molecule has 7 heteroatoms. The monoisotopic (exact) mass is 366 g/mol. The molecule has 0 saturated carbocycles. The molecule has 2 heterocycles. The van der Waals surface area contributed by atoms with Gasteiger partial charge < -0.3 is 4.74 Å². The minimum Gasteiger partial charge on any atom is -0.463 e. The minimum atomic E-state index is -0.584. The minimum absolute atomic E-state index is 0.00440. The lowest BCUT2D eigenvalue weighted by Gasteiger charge is -2.18. The molecular formula is C20H22N4O3. The molecule has 0 unspecified atom stereocenters. The topological polar surface area (TPSA) is 87.0 Å². The Morgan fingerprint density at radius 1 is 1.11 bits per heavy atom. The third kappa shape index (κ3) is 3.86. The lowest BCUT2D eigenvalue weighted by molar-refractivity contribution is 0.0586. The summed E-state index contributed by atoms with van der Waals surface area (Å²) in [6.45, 7) is 8.60. The van der Waals surface area contributed by atoms with E-state index in [-0.39, 0.29) is 17.0 Å². The lowest BCUT2D eigenvalue weighted by atomic mass is 9.97. The van der Waals surface area contributed by atoms with E-state index in [4.69, 9.17) is 0 Å². The van der Waals surface area contributed by atoms with Gasteiger partial charge in [-0.1, -0.05) is 26.8 Å². The fraction of sp³-hybridized carbons (Fsp3) is 0.350. The highest BCUT2D eigenvalue weighted by molar-refractivity contribution is 6.05. The number of nitrogens with zero attached hydrogens (tertiary/aromatic N) is 4. The maximum Gasteiger partial charge on any atom is 0.376 e. The number of hydrogen-bond acceptors (Lipinski definition) is 6. The van der Waals surface area contributed by atoms with Crippen molar-refractivity contribution in [2.24, 2.45) is 5.41 Å². The highest BCUT2D eigenvalue weighted by atomic mass is 16.5. The normalized spacial score (nSPS) is 11.6. The Labute approximate surface area is 157 Å². The highest BCUT2D eigenvalue weighted by Gasteiger charge is 2.19. The molecule has 3 rings (SSSR count). The van der Waals surface area contributed by atoms with E-state index in [1.165, 1.54) is 14.0 Å². The van der Waals surface area contributed by atoms with Gasteiger partial charge in [-0.05, 0) is 23.1 Å². The van der Waals surface area contributed by atoms with E-state index in [1.54, 1.807) is 12.4 Å². The van der Waals surface area contributed by atoms with Crippen molar-refractivity contribution in [2.45, 2.75) is 34.2 Å². The fourth-order valence-corrected chi connectivity index (χ4v) is 2.86. The van der Waals surface area contributed by atoms with Crippen LogP contribution in [0.2, 0.25) is 0 Å². The quantitative estimate of drug-likeness (QED) is 0.518. The fourth-order valence-electron chi connectivity index (χ4n) is 2.86. The van der Waals surface area contributed by atoms with Crippen LogP contribution in [0.5, 0.6) is 0 Å². The summed E-state index contributed by atoms with van der Waals surface area (Å²) in [6, 6.07) is 5.79. The molecule has 140 valence electrons. The summed E-state index contributed by atoms with van der Waals surface area (Å²) in [7, 11) is 1.28. The van der Waals surface area contributed by atoms with Crippen LogP contribution >= 0.6 is 0 Å². The summed E-state index contributed by atoms with van der Waals surface area (Å²) >= 11 is 0. The van der Waals surface area contributed by atoms with E-state index in [1.807, 2.05) is 22.9 Å². The van der Waals surface area contributed by atoms with Gasteiger partial charge in [-0.3, -0.25) is 9.48 Å². The molecule has 27 heavy (non-hydrogen) atoms. The molecule has 0 N–H and O–H groups in total. The van der Waals surface area contributed by atoms with Crippen LogP contribution in [0.25, 0.3) is 22.0 Å². The van der Waals surface area contributed by atoms with Crippen LogP contribution in [0.15, 0.2) is 30.6 Å². The summed E-state index contributed by atoms with van der Waals surface area (Å²) in [4.78, 5) is 31.7. The molecule has 0 saturated heterocycles. The molecule has 0 bridgehead atoms. The molecule has 2 aromatic heterocycles. The summed E-state index contributed by atoms with van der Waals surface area (Å²) < 4.78 is 6.49. The first kappa shape index (κ1) is 18.7. The molecule has 0 aliphatic carbocycles. The smallest absolute Gasteiger partial charge is 0.376 e. The largest absolute Gasteiger partial charge is 0.463 e. The number of benzene rings is 1. The zero-order chi connectivity index (χ0) is 19.8. The molecular weight excluding hydrogens is 344 g/mol. The predicted octanol–water partition coefficient (Wildman–Crippen LogP) is 3.53. The number of rotatable bonds is 4. The van der Waals surface area contributed by atoms with Crippen molar-refractivity contribution in [2.75, 3.05) is 7.11 Å². The molecule has 7 nitrogen and oxygen atoms in total. The standard InChI is InChI=1S/C20H22N4O3/c1-12(25)17-15-8-13(14-9-21-18(22-10-14)19(26)27-5)6-7-16(15)24(23-17)11-20(2,3)4/h6-10H,11H2,1-5H3. The number of fused-ring (bicyclic) bond motifs is 1. The number of carbonyl (C=O) groups excluding carboxylic acids is 2. The summed E-state index contributed by atoms with van der Waals surface area (Å²) in [5.41, 5.74) is 2.97. The van der Waals surface area contributed by atoms with E-state index in [2.05, 4.69) is 40.6 Å². The van der Waals surface area contributed by atoms with E-state index in [9.17, 15) is 9.59 Å². The molecule has 0 atom stereocenters. The average molecular weight is 366 g/mol. The van der Waals surface area contributed by atoms with Gasteiger partial charge in [0, 0.05) is 36.8 Å². The van der Waals surface area contributed by atoms with Gasteiger partial charge in [0.05, 0.1) is 12.6 Å². The van der Waals surface area contributed by atoms with Crippen LogP contribution in [0.4, 0.5) is 0 Å². The van der Waals surface area contributed by atoms with Crippen LogP contribution in [0.1, 0.15) is 48.8 Å². The first-order chi connectivity index (χ1) is 12.7. The number of ketones is 1. The summed E-state index contributed by atoms with van der Waals surface area (Å²) in [5.74, 6) is -0.661. The van der Waals surface area contributed by atoms with Crippen molar-refractivity contribution >= 4 is 22.7 Å². The Morgan fingerprint density at radius 2 is 1.78 bits per heavy atom. The van der Waals surface area contributed by atoms with Gasteiger partial charge >= 0.3 is 5.97 Å². The lowest BCUT2D eigenvalue weighted by Crippen LogP contribution is -2.16.